The van der Waals surface area contributed by atoms with Crippen LogP contribution in [0.5, 0.6) is 0 Å². The van der Waals surface area contributed by atoms with Gasteiger partial charge in [0.15, 0.2) is 0 Å². The SMILES string of the molecule is Cc1cc(C(N)=O)ccc1CNCCc1cnn(C)c1. The Bertz CT molecular complexity index is 604. The van der Waals surface area contributed by atoms with Crippen LogP contribution in [0.1, 0.15) is 27.0 Å². The molecular formula is C15H20N4O. The van der Waals surface area contributed by atoms with Crippen LogP contribution in [0.3, 0.4) is 0 Å². The molecule has 1 heterocycles. The van der Waals surface area contributed by atoms with E-state index < -0.39 is 0 Å². The Morgan fingerprint density at radius 1 is 1.45 bits per heavy atom. The lowest BCUT2D eigenvalue weighted by molar-refractivity contribution is 0.1000. The quantitative estimate of drug-likeness (QED) is 0.775. The molecule has 0 fully saturated rings. The molecule has 0 spiro atoms. The fraction of sp³-hybridized carbons (Fsp3) is 0.333. The normalized spacial score (nSPS) is 10.7. The number of nitrogens with zero attached hydrogens (tertiary/aromatic N) is 2. The molecule has 0 saturated carbocycles. The van der Waals surface area contributed by atoms with Gasteiger partial charge in [0.2, 0.25) is 5.91 Å². The van der Waals surface area contributed by atoms with E-state index in [4.69, 9.17) is 5.73 Å². The van der Waals surface area contributed by atoms with E-state index in [1.165, 1.54) is 11.1 Å². The lowest BCUT2D eigenvalue weighted by atomic mass is 10.0. The molecule has 0 saturated heterocycles. The van der Waals surface area contributed by atoms with Crippen LogP contribution in [0.4, 0.5) is 0 Å². The van der Waals surface area contributed by atoms with Crippen molar-refractivity contribution in [3.63, 3.8) is 0 Å². The lowest BCUT2D eigenvalue weighted by Crippen LogP contribution is -2.18. The van der Waals surface area contributed by atoms with Crippen LogP contribution in [-0.4, -0.2) is 22.2 Å². The second kappa shape index (κ2) is 6.34. The number of hydrogen-bond donors (Lipinski definition) is 2. The molecule has 106 valence electrons. The minimum Gasteiger partial charge on any atom is -0.366 e. The van der Waals surface area contributed by atoms with Crippen molar-refractivity contribution in [3.8, 4) is 0 Å². The fourth-order valence-electron chi connectivity index (χ4n) is 2.10. The molecule has 0 aliphatic carbocycles. The van der Waals surface area contributed by atoms with Crippen LogP contribution in [0.2, 0.25) is 0 Å². The molecule has 2 rings (SSSR count). The number of hydrogen-bond acceptors (Lipinski definition) is 3. The molecule has 5 heteroatoms. The largest absolute Gasteiger partial charge is 0.366 e. The molecule has 1 aromatic carbocycles. The summed E-state index contributed by atoms with van der Waals surface area (Å²) in [6.45, 7) is 3.67. The van der Waals surface area contributed by atoms with Gasteiger partial charge in [-0.15, -0.1) is 0 Å². The number of aryl methyl sites for hydroxylation is 2. The molecule has 0 atom stereocenters. The summed E-state index contributed by atoms with van der Waals surface area (Å²) in [6.07, 6.45) is 4.86. The zero-order valence-corrected chi connectivity index (χ0v) is 11.9. The van der Waals surface area contributed by atoms with E-state index in [0.717, 1.165) is 25.1 Å². The van der Waals surface area contributed by atoms with Gasteiger partial charge in [-0.2, -0.15) is 5.10 Å². The molecule has 0 bridgehead atoms. The van der Waals surface area contributed by atoms with E-state index in [0.29, 0.717) is 5.56 Å². The molecule has 0 radical (unpaired) electrons. The molecule has 0 aliphatic heterocycles. The first-order valence-electron chi connectivity index (χ1n) is 6.64. The topological polar surface area (TPSA) is 72.9 Å². The van der Waals surface area contributed by atoms with Gasteiger partial charge in [-0.1, -0.05) is 6.07 Å². The van der Waals surface area contributed by atoms with Crippen molar-refractivity contribution in [1.29, 1.82) is 0 Å². The Hall–Kier alpha value is -2.14. The third-order valence-corrected chi connectivity index (χ3v) is 3.29. The Labute approximate surface area is 118 Å². The standard InChI is InChI=1S/C15H20N4O/c1-11-7-13(15(16)20)3-4-14(11)9-17-6-5-12-8-18-19(2)10-12/h3-4,7-8,10,17H,5-6,9H2,1-2H3,(H2,16,20). The summed E-state index contributed by atoms with van der Waals surface area (Å²) < 4.78 is 1.81. The minimum atomic E-state index is -0.385. The number of aromatic nitrogens is 2. The number of benzene rings is 1. The molecule has 1 amide bonds. The Balaban J connectivity index is 1.83. The van der Waals surface area contributed by atoms with Crippen molar-refractivity contribution in [3.05, 3.63) is 52.8 Å². The number of nitrogens with two attached hydrogens (primary N) is 1. The van der Waals surface area contributed by atoms with E-state index >= 15 is 0 Å². The first kappa shape index (κ1) is 14.3. The van der Waals surface area contributed by atoms with E-state index in [1.54, 1.807) is 6.07 Å². The highest BCUT2D eigenvalue weighted by atomic mass is 16.1. The highest BCUT2D eigenvalue weighted by Gasteiger charge is 2.04. The van der Waals surface area contributed by atoms with Crippen molar-refractivity contribution < 1.29 is 4.79 Å². The van der Waals surface area contributed by atoms with Gasteiger partial charge in [0, 0.05) is 25.4 Å². The maximum atomic E-state index is 11.1. The summed E-state index contributed by atoms with van der Waals surface area (Å²) in [5.41, 5.74) is 9.30. The maximum absolute atomic E-state index is 11.1. The average Bonchev–Trinajstić information content (AvgIpc) is 2.81. The predicted molar refractivity (Wildman–Crippen MR) is 78.3 cm³/mol. The van der Waals surface area contributed by atoms with Gasteiger partial charge in [0.05, 0.1) is 6.20 Å². The highest BCUT2D eigenvalue weighted by Crippen LogP contribution is 2.10. The van der Waals surface area contributed by atoms with Crippen LogP contribution in [0.25, 0.3) is 0 Å². The van der Waals surface area contributed by atoms with E-state index in [1.807, 2.05) is 43.2 Å². The van der Waals surface area contributed by atoms with Gasteiger partial charge < -0.3 is 11.1 Å². The molecule has 20 heavy (non-hydrogen) atoms. The number of primary amides is 1. The highest BCUT2D eigenvalue weighted by molar-refractivity contribution is 5.93. The van der Waals surface area contributed by atoms with Crippen molar-refractivity contribution in [2.45, 2.75) is 19.9 Å². The van der Waals surface area contributed by atoms with Gasteiger partial charge in [0.1, 0.15) is 0 Å². The molecule has 0 unspecified atom stereocenters. The number of carbonyl (C=O) groups is 1. The van der Waals surface area contributed by atoms with Crippen LogP contribution >= 0.6 is 0 Å². The second-order valence-corrected chi connectivity index (χ2v) is 4.95. The zero-order valence-electron chi connectivity index (χ0n) is 11.9. The van der Waals surface area contributed by atoms with E-state index in [-0.39, 0.29) is 5.91 Å². The number of rotatable bonds is 6. The van der Waals surface area contributed by atoms with Crippen molar-refractivity contribution >= 4 is 5.91 Å². The Kier molecular flexibility index (Phi) is 4.53. The molecule has 2 aromatic rings. The van der Waals surface area contributed by atoms with Crippen LogP contribution in [0, 0.1) is 6.92 Å². The number of amides is 1. The monoisotopic (exact) mass is 272 g/mol. The summed E-state index contributed by atoms with van der Waals surface area (Å²) in [6, 6.07) is 5.56. The fourth-order valence-corrected chi connectivity index (χ4v) is 2.10. The number of nitrogens with one attached hydrogen (secondary N) is 1. The number of carbonyl (C=O) groups excluding carboxylic acids is 1. The molecular weight excluding hydrogens is 252 g/mol. The van der Waals surface area contributed by atoms with Gasteiger partial charge in [-0.05, 0) is 48.7 Å². The summed E-state index contributed by atoms with van der Waals surface area (Å²) in [5, 5.41) is 7.53. The van der Waals surface area contributed by atoms with E-state index in [9.17, 15) is 4.79 Å². The first-order valence-corrected chi connectivity index (χ1v) is 6.64. The molecule has 5 nitrogen and oxygen atoms in total. The average molecular weight is 272 g/mol. The van der Waals surface area contributed by atoms with Crippen molar-refractivity contribution in [2.24, 2.45) is 12.8 Å². The third-order valence-electron chi connectivity index (χ3n) is 3.29. The predicted octanol–water partition coefficient (Wildman–Crippen LogP) is 1.16. The third kappa shape index (κ3) is 3.68. The van der Waals surface area contributed by atoms with Gasteiger partial charge in [0.25, 0.3) is 0 Å². The van der Waals surface area contributed by atoms with Crippen molar-refractivity contribution in [1.82, 2.24) is 15.1 Å². The molecule has 3 N–H and O–H groups in total. The van der Waals surface area contributed by atoms with Gasteiger partial charge in [-0.25, -0.2) is 0 Å². The van der Waals surface area contributed by atoms with E-state index in [2.05, 4.69) is 10.4 Å². The van der Waals surface area contributed by atoms with Crippen LogP contribution < -0.4 is 11.1 Å². The Morgan fingerprint density at radius 2 is 2.25 bits per heavy atom. The summed E-state index contributed by atoms with van der Waals surface area (Å²) in [4.78, 5) is 11.1. The van der Waals surface area contributed by atoms with Gasteiger partial charge >= 0.3 is 0 Å². The molecule has 1 aromatic heterocycles. The summed E-state index contributed by atoms with van der Waals surface area (Å²) >= 11 is 0. The second-order valence-electron chi connectivity index (χ2n) is 4.95. The molecule has 0 aliphatic rings. The lowest BCUT2D eigenvalue weighted by Gasteiger charge is -2.08. The maximum Gasteiger partial charge on any atom is 0.248 e. The summed E-state index contributed by atoms with van der Waals surface area (Å²) in [7, 11) is 1.92. The Morgan fingerprint density at radius 3 is 2.85 bits per heavy atom. The zero-order chi connectivity index (χ0) is 14.5. The van der Waals surface area contributed by atoms with Crippen molar-refractivity contribution in [2.75, 3.05) is 6.54 Å². The van der Waals surface area contributed by atoms with Crippen LogP contribution in [-0.2, 0) is 20.0 Å². The van der Waals surface area contributed by atoms with Gasteiger partial charge in [-0.3, -0.25) is 9.48 Å². The minimum absolute atomic E-state index is 0.385. The van der Waals surface area contributed by atoms with Crippen LogP contribution in [0.15, 0.2) is 30.6 Å². The summed E-state index contributed by atoms with van der Waals surface area (Å²) in [5.74, 6) is -0.385. The first-order chi connectivity index (χ1) is 9.56. The smallest absolute Gasteiger partial charge is 0.248 e.